The molecule has 1 N–H and O–H groups in total. The van der Waals surface area contributed by atoms with Gasteiger partial charge in [0, 0.05) is 12.5 Å². The normalized spacial score (nSPS) is 23.8. The van der Waals surface area contributed by atoms with E-state index in [0.717, 1.165) is 24.4 Å². The fourth-order valence-electron chi connectivity index (χ4n) is 3.04. The lowest BCUT2D eigenvalue weighted by atomic mass is 10.00. The zero-order valence-corrected chi connectivity index (χ0v) is 11.7. The fourth-order valence-corrected chi connectivity index (χ4v) is 4.10. The quantitative estimate of drug-likeness (QED) is 0.908. The summed E-state index contributed by atoms with van der Waals surface area (Å²) < 4.78 is 1.32. The molecule has 0 spiro atoms. The molecule has 18 heavy (non-hydrogen) atoms. The van der Waals surface area contributed by atoms with Gasteiger partial charge in [-0.3, -0.25) is 0 Å². The summed E-state index contributed by atoms with van der Waals surface area (Å²) in [4.78, 5) is 4.76. The van der Waals surface area contributed by atoms with Gasteiger partial charge >= 0.3 is 0 Å². The topological polar surface area (TPSA) is 24.9 Å². The average Bonchev–Trinajstić information content (AvgIpc) is 2.97. The third kappa shape index (κ3) is 2.43. The number of rotatable bonds is 4. The summed E-state index contributed by atoms with van der Waals surface area (Å²) >= 11 is 1.87. The van der Waals surface area contributed by atoms with Crippen LogP contribution in [0.5, 0.6) is 0 Å². The van der Waals surface area contributed by atoms with Crippen LogP contribution in [0.3, 0.4) is 0 Å². The van der Waals surface area contributed by atoms with Crippen molar-refractivity contribution >= 4 is 21.6 Å². The van der Waals surface area contributed by atoms with E-state index >= 15 is 0 Å². The molecule has 2 atom stereocenters. The zero-order valence-electron chi connectivity index (χ0n) is 10.9. The van der Waals surface area contributed by atoms with E-state index in [4.69, 9.17) is 4.98 Å². The van der Waals surface area contributed by atoms with Crippen molar-refractivity contribution in [3.05, 3.63) is 29.3 Å². The number of nitrogens with zero attached hydrogens (tertiary/aromatic N) is 1. The van der Waals surface area contributed by atoms with Gasteiger partial charge in [0.1, 0.15) is 0 Å². The Labute approximate surface area is 112 Å². The van der Waals surface area contributed by atoms with E-state index in [2.05, 4.69) is 36.5 Å². The maximum atomic E-state index is 4.76. The summed E-state index contributed by atoms with van der Waals surface area (Å²) in [5, 5.41) is 4.94. The monoisotopic (exact) mass is 260 g/mol. The number of hydrogen-bond donors (Lipinski definition) is 1. The molecule has 3 rings (SSSR count). The molecular formula is C15H20N2S. The molecule has 0 radical (unpaired) electrons. The van der Waals surface area contributed by atoms with Crippen LogP contribution in [0.4, 0.5) is 0 Å². The van der Waals surface area contributed by atoms with E-state index in [9.17, 15) is 0 Å². The van der Waals surface area contributed by atoms with Gasteiger partial charge in [-0.15, -0.1) is 11.3 Å². The molecular weight excluding hydrogens is 240 g/mol. The number of benzene rings is 1. The van der Waals surface area contributed by atoms with Crippen molar-refractivity contribution in [2.75, 3.05) is 6.54 Å². The van der Waals surface area contributed by atoms with E-state index in [1.165, 1.54) is 29.0 Å². The third-order valence-electron chi connectivity index (χ3n) is 3.90. The lowest BCUT2D eigenvalue weighted by Crippen LogP contribution is -2.33. The molecule has 96 valence electrons. The molecule has 2 aromatic rings. The van der Waals surface area contributed by atoms with Crippen LogP contribution in [0.1, 0.15) is 31.2 Å². The average molecular weight is 260 g/mol. The number of thiazole rings is 1. The molecule has 0 saturated heterocycles. The van der Waals surface area contributed by atoms with Crippen LogP contribution in [-0.2, 0) is 6.42 Å². The Balaban J connectivity index is 1.75. The molecule has 1 aromatic heterocycles. The number of para-hydroxylation sites is 1. The van der Waals surface area contributed by atoms with E-state index in [0.29, 0.717) is 6.04 Å². The predicted octanol–water partition coefficient (Wildman–Crippen LogP) is 3.62. The molecule has 1 saturated carbocycles. The van der Waals surface area contributed by atoms with Crippen molar-refractivity contribution in [2.45, 2.75) is 38.6 Å². The van der Waals surface area contributed by atoms with E-state index < -0.39 is 0 Å². The molecule has 1 aromatic carbocycles. The van der Waals surface area contributed by atoms with Crippen molar-refractivity contribution in [1.29, 1.82) is 0 Å². The summed E-state index contributed by atoms with van der Waals surface area (Å²) in [5.74, 6) is 0.783. The van der Waals surface area contributed by atoms with Crippen LogP contribution in [0.15, 0.2) is 24.3 Å². The van der Waals surface area contributed by atoms with E-state index in [-0.39, 0.29) is 0 Å². The molecule has 1 aliphatic carbocycles. The second-order valence-corrected chi connectivity index (χ2v) is 6.25. The largest absolute Gasteiger partial charge is 0.314 e. The molecule has 0 aliphatic heterocycles. The SMILES string of the molecule is CCNC1CCCC1Cc1nc2ccccc2s1. The van der Waals surface area contributed by atoms with Crippen LogP contribution in [0.25, 0.3) is 10.2 Å². The predicted molar refractivity (Wildman–Crippen MR) is 78.1 cm³/mol. The highest BCUT2D eigenvalue weighted by Crippen LogP contribution is 2.31. The highest BCUT2D eigenvalue weighted by atomic mass is 32.1. The summed E-state index contributed by atoms with van der Waals surface area (Å²) in [5.41, 5.74) is 1.16. The van der Waals surface area contributed by atoms with Gasteiger partial charge in [0.25, 0.3) is 0 Å². The number of aromatic nitrogens is 1. The summed E-state index contributed by atoms with van der Waals surface area (Å²) in [6.07, 6.45) is 5.21. The van der Waals surface area contributed by atoms with Crippen molar-refractivity contribution in [2.24, 2.45) is 5.92 Å². The van der Waals surface area contributed by atoms with Crippen LogP contribution < -0.4 is 5.32 Å². The molecule has 2 unspecified atom stereocenters. The Morgan fingerprint density at radius 3 is 3.06 bits per heavy atom. The molecule has 0 bridgehead atoms. The van der Waals surface area contributed by atoms with Crippen molar-refractivity contribution in [3.8, 4) is 0 Å². The second kappa shape index (κ2) is 5.37. The third-order valence-corrected chi connectivity index (χ3v) is 4.96. The Hall–Kier alpha value is -0.930. The lowest BCUT2D eigenvalue weighted by molar-refractivity contribution is 0.406. The molecule has 3 heteroatoms. The number of fused-ring (bicyclic) bond motifs is 1. The lowest BCUT2D eigenvalue weighted by Gasteiger charge is -2.19. The van der Waals surface area contributed by atoms with Gasteiger partial charge in [0.05, 0.1) is 15.2 Å². The van der Waals surface area contributed by atoms with Crippen molar-refractivity contribution in [3.63, 3.8) is 0 Å². The number of hydrogen-bond acceptors (Lipinski definition) is 3. The van der Waals surface area contributed by atoms with Gasteiger partial charge < -0.3 is 5.32 Å². The highest BCUT2D eigenvalue weighted by molar-refractivity contribution is 7.18. The molecule has 1 fully saturated rings. The Morgan fingerprint density at radius 1 is 1.33 bits per heavy atom. The zero-order chi connectivity index (χ0) is 12.4. The molecule has 1 aliphatic rings. The van der Waals surface area contributed by atoms with Gasteiger partial charge in [-0.1, -0.05) is 25.5 Å². The first-order valence-electron chi connectivity index (χ1n) is 6.94. The summed E-state index contributed by atoms with van der Waals surface area (Å²) in [7, 11) is 0. The van der Waals surface area contributed by atoms with Gasteiger partial charge in [-0.05, 0) is 37.4 Å². The standard InChI is InChI=1S/C15H20N2S/c1-2-16-12-8-5-6-11(12)10-15-17-13-7-3-4-9-14(13)18-15/h3-4,7,9,11-12,16H,2,5-6,8,10H2,1H3. The van der Waals surface area contributed by atoms with Crippen LogP contribution >= 0.6 is 11.3 Å². The molecule has 0 amide bonds. The Morgan fingerprint density at radius 2 is 2.22 bits per heavy atom. The Kier molecular flexibility index (Phi) is 3.62. The van der Waals surface area contributed by atoms with Gasteiger partial charge in [0.15, 0.2) is 0 Å². The van der Waals surface area contributed by atoms with E-state index in [1.54, 1.807) is 0 Å². The minimum Gasteiger partial charge on any atom is -0.314 e. The summed E-state index contributed by atoms with van der Waals surface area (Å²) in [6, 6.07) is 9.17. The summed E-state index contributed by atoms with van der Waals surface area (Å²) in [6.45, 7) is 3.29. The first-order valence-corrected chi connectivity index (χ1v) is 7.76. The van der Waals surface area contributed by atoms with Crippen LogP contribution in [0.2, 0.25) is 0 Å². The molecule has 1 heterocycles. The highest BCUT2D eigenvalue weighted by Gasteiger charge is 2.27. The van der Waals surface area contributed by atoms with Crippen LogP contribution in [0, 0.1) is 5.92 Å². The van der Waals surface area contributed by atoms with Crippen molar-refractivity contribution in [1.82, 2.24) is 10.3 Å². The Bertz CT molecular complexity index is 487. The molecule has 2 nitrogen and oxygen atoms in total. The van der Waals surface area contributed by atoms with Gasteiger partial charge in [0.2, 0.25) is 0 Å². The number of nitrogens with one attached hydrogen (secondary N) is 1. The van der Waals surface area contributed by atoms with Crippen molar-refractivity contribution < 1.29 is 0 Å². The second-order valence-electron chi connectivity index (χ2n) is 5.13. The smallest absolute Gasteiger partial charge is 0.0941 e. The van der Waals surface area contributed by atoms with Gasteiger partial charge in [-0.2, -0.15) is 0 Å². The minimum atomic E-state index is 0.710. The maximum absolute atomic E-state index is 4.76. The first-order chi connectivity index (χ1) is 8.86. The maximum Gasteiger partial charge on any atom is 0.0941 e. The minimum absolute atomic E-state index is 0.710. The van der Waals surface area contributed by atoms with Gasteiger partial charge in [-0.25, -0.2) is 4.98 Å². The van der Waals surface area contributed by atoms with E-state index in [1.807, 2.05) is 11.3 Å². The van der Waals surface area contributed by atoms with Crippen LogP contribution in [-0.4, -0.2) is 17.6 Å². The first kappa shape index (κ1) is 12.1. The fraction of sp³-hybridized carbons (Fsp3) is 0.533.